The van der Waals surface area contributed by atoms with E-state index in [4.69, 9.17) is 13.9 Å². The van der Waals surface area contributed by atoms with Crippen molar-refractivity contribution in [2.24, 2.45) is 0 Å². The molecule has 0 unspecified atom stereocenters. The normalized spacial score (nSPS) is 10.8. The molecule has 0 aliphatic rings. The van der Waals surface area contributed by atoms with Gasteiger partial charge in [-0.3, -0.25) is 4.79 Å². The molecule has 0 atom stereocenters. The van der Waals surface area contributed by atoms with Crippen LogP contribution in [0.15, 0.2) is 39.5 Å². The Hall–Kier alpha value is -3.35. The number of benzene rings is 2. The fraction of sp³-hybridized carbons (Fsp3) is 0.118. The molecule has 0 amide bonds. The predicted molar refractivity (Wildman–Crippen MR) is 86.0 cm³/mol. The average Bonchev–Trinajstić information content (AvgIpc) is 2.58. The first-order chi connectivity index (χ1) is 11.5. The molecule has 0 spiro atoms. The molecule has 0 aliphatic carbocycles. The van der Waals surface area contributed by atoms with Crippen LogP contribution in [0.25, 0.3) is 22.1 Å². The maximum absolute atomic E-state index is 12.9. The van der Waals surface area contributed by atoms with E-state index in [0.29, 0.717) is 5.56 Å². The molecule has 0 aliphatic heterocycles. The number of methoxy groups -OCH3 is 2. The van der Waals surface area contributed by atoms with Crippen LogP contribution >= 0.6 is 0 Å². The molecule has 24 heavy (non-hydrogen) atoms. The average molecular weight is 330 g/mol. The second-order valence-corrected chi connectivity index (χ2v) is 4.95. The van der Waals surface area contributed by atoms with Gasteiger partial charge in [-0.2, -0.15) is 0 Å². The maximum atomic E-state index is 12.9. The minimum absolute atomic E-state index is 0.106. The summed E-state index contributed by atoms with van der Waals surface area (Å²) in [6, 6.07) is 8.38. The molecule has 1 aromatic heterocycles. The van der Waals surface area contributed by atoms with Crippen LogP contribution in [0.2, 0.25) is 0 Å². The summed E-state index contributed by atoms with van der Waals surface area (Å²) < 4.78 is 15.2. The summed E-state index contributed by atoms with van der Waals surface area (Å²) in [5, 5.41) is 30.3. The number of phenols is 2. The van der Waals surface area contributed by atoms with Gasteiger partial charge in [0.25, 0.3) is 5.95 Å². The van der Waals surface area contributed by atoms with Crippen molar-refractivity contribution >= 4 is 11.0 Å². The number of aromatic hydroxyl groups is 3. The molecule has 0 fully saturated rings. The van der Waals surface area contributed by atoms with Gasteiger partial charge in [0, 0.05) is 0 Å². The van der Waals surface area contributed by atoms with E-state index >= 15 is 0 Å². The zero-order chi connectivity index (χ0) is 17.4. The highest BCUT2D eigenvalue weighted by atomic mass is 16.5. The lowest BCUT2D eigenvalue weighted by atomic mass is 10.0. The minimum atomic E-state index is -0.663. The van der Waals surface area contributed by atoms with E-state index in [9.17, 15) is 20.1 Å². The molecule has 0 bridgehead atoms. The van der Waals surface area contributed by atoms with Gasteiger partial charge in [0.1, 0.15) is 10.9 Å². The Labute approximate surface area is 135 Å². The lowest BCUT2D eigenvalue weighted by Crippen LogP contribution is -2.08. The Bertz CT molecular complexity index is 974. The minimum Gasteiger partial charge on any atom is -0.502 e. The molecule has 2 aromatic carbocycles. The highest BCUT2D eigenvalue weighted by Crippen LogP contribution is 2.50. The molecule has 7 nitrogen and oxygen atoms in total. The van der Waals surface area contributed by atoms with E-state index in [1.807, 2.05) is 0 Å². The van der Waals surface area contributed by atoms with Crippen LogP contribution in [0.5, 0.6) is 28.9 Å². The summed E-state index contributed by atoms with van der Waals surface area (Å²) in [5.74, 6) is -2.36. The predicted octanol–water partition coefficient (Wildman–Crippen LogP) is 2.59. The van der Waals surface area contributed by atoms with Crippen LogP contribution in [0.1, 0.15) is 0 Å². The van der Waals surface area contributed by atoms with Crippen molar-refractivity contribution in [1.82, 2.24) is 0 Å². The summed E-state index contributed by atoms with van der Waals surface area (Å²) in [5.41, 5.74) is -0.693. The van der Waals surface area contributed by atoms with Gasteiger partial charge in [-0.25, -0.2) is 0 Å². The third-order valence-corrected chi connectivity index (χ3v) is 3.65. The van der Waals surface area contributed by atoms with Crippen molar-refractivity contribution in [3.05, 3.63) is 40.6 Å². The van der Waals surface area contributed by atoms with Gasteiger partial charge in [-0.05, 0) is 5.56 Å². The molecule has 3 N–H and O–H groups in total. The van der Waals surface area contributed by atoms with Gasteiger partial charge in [-0.1, -0.05) is 30.3 Å². The molecule has 124 valence electrons. The Morgan fingerprint density at radius 3 is 2.12 bits per heavy atom. The molecular formula is C17H14O7. The van der Waals surface area contributed by atoms with Crippen LogP contribution in [-0.2, 0) is 0 Å². The summed E-state index contributed by atoms with van der Waals surface area (Å²) in [6.07, 6.45) is 0. The summed E-state index contributed by atoms with van der Waals surface area (Å²) >= 11 is 0. The summed E-state index contributed by atoms with van der Waals surface area (Å²) in [6.45, 7) is 0. The van der Waals surface area contributed by atoms with Gasteiger partial charge < -0.3 is 29.2 Å². The third kappa shape index (κ3) is 2.10. The quantitative estimate of drug-likeness (QED) is 0.677. The number of phenolic OH excluding ortho intramolecular Hbond substituents is 2. The summed E-state index contributed by atoms with van der Waals surface area (Å²) in [7, 11) is 2.47. The third-order valence-electron chi connectivity index (χ3n) is 3.65. The highest BCUT2D eigenvalue weighted by Gasteiger charge is 2.27. The van der Waals surface area contributed by atoms with Gasteiger partial charge in [0.15, 0.2) is 11.3 Å². The highest BCUT2D eigenvalue weighted by molar-refractivity contribution is 5.97. The van der Waals surface area contributed by atoms with E-state index in [0.717, 1.165) is 0 Å². The molecule has 1 heterocycles. The standard InChI is InChI=1S/C17H14O7/c1-22-14-10-11(18)9(8-6-4-3-5-7-8)17(21)24-15(10)13(20)16(23-2)12(14)19/h3-7,19-21H,1-2H3. The van der Waals surface area contributed by atoms with E-state index in [-0.39, 0.29) is 28.0 Å². The van der Waals surface area contributed by atoms with Gasteiger partial charge in [-0.15, -0.1) is 0 Å². The lowest BCUT2D eigenvalue weighted by molar-refractivity contribution is 0.313. The van der Waals surface area contributed by atoms with Crippen molar-refractivity contribution in [3.8, 4) is 40.1 Å². The molecule has 0 saturated heterocycles. The fourth-order valence-electron chi connectivity index (χ4n) is 2.59. The van der Waals surface area contributed by atoms with Crippen molar-refractivity contribution in [3.63, 3.8) is 0 Å². The van der Waals surface area contributed by atoms with E-state index in [1.165, 1.54) is 14.2 Å². The van der Waals surface area contributed by atoms with Gasteiger partial charge in [0.05, 0.1) is 14.2 Å². The van der Waals surface area contributed by atoms with Crippen molar-refractivity contribution in [1.29, 1.82) is 0 Å². The first-order valence-corrected chi connectivity index (χ1v) is 6.92. The number of rotatable bonds is 3. The molecule has 7 heteroatoms. The van der Waals surface area contributed by atoms with Crippen LogP contribution in [0.3, 0.4) is 0 Å². The summed E-state index contributed by atoms with van der Waals surface area (Å²) in [4.78, 5) is 12.9. The van der Waals surface area contributed by atoms with Crippen molar-refractivity contribution < 1.29 is 29.2 Å². The van der Waals surface area contributed by atoms with Crippen molar-refractivity contribution in [2.45, 2.75) is 0 Å². The van der Waals surface area contributed by atoms with Crippen LogP contribution in [0.4, 0.5) is 0 Å². The Kier molecular flexibility index (Phi) is 3.69. The number of fused-ring (bicyclic) bond motifs is 1. The number of ether oxygens (including phenoxy) is 2. The Morgan fingerprint density at radius 2 is 1.54 bits per heavy atom. The Balaban J connectivity index is 2.52. The SMILES string of the molecule is COc1c(O)c(OC)c2c(=O)c(-c3ccccc3)c(O)oc2c1O. The second kappa shape index (κ2) is 5.69. The smallest absolute Gasteiger partial charge is 0.294 e. The largest absolute Gasteiger partial charge is 0.502 e. The topological polar surface area (TPSA) is 109 Å². The molecule has 0 radical (unpaired) electrons. The first kappa shape index (κ1) is 15.5. The zero-order valence-corrected chi connectivity index (χ0v) is 12.9. The van der Waals surface area contributed by atoms with Crippen LogP contribution in [0, 0.1) is 0 Å². The molecule has 0 saturated carbocycles. The second-order valence-electron chi connectivity index (χ2n) is 4.95. The van der Waals surface area contributed by atoms with E-state index in [1.54, 1.807) is 30.3 Å². The number of hydrogen-bond donors (Lipinski definition) is 3. The van der Waals surface area contributed by atoms with Crippen molar-refractivity contribution in [2.75, 3.05) is 14.2 Å². The first-order valence-electron chi connectivity index (χ1n) is 6.92. The fourth-order valence-corrected chi connectivity index (χ4v) is 2.59. The zero-order valence-electron chi connectivity index (χ0n) is 12.9. The van der Waals surface area contributed by atoms with Gasteiger partial charge in [0.2, 0.25) is 22.7 Å². The Morgan fingerprint density at radius 1 is 0.917 bits per heavy atom. The van der Waals surface area contributed by atoms with Crippen LogP contribution in [-0.4, -0.2) is 29.5 Å². The monoisotopic (exact) mass is 330 g/mol. The molecular weight excluding hydrogens is 316 g/mol. The van der Waals surface area contributed by atoms with E-state index < -0.39 is 22.9 Å². The van der Waals surface area contributed by atoms with E-state index in [2.05, 4.69) is 0 Å². The molecule has 3 aromatic rings. The maximum Gasteiger partial charge on any atom is 0.294 e. The van der Waals surface area contributed by atoms with Crippen LogP contribution < -0.4 is 14.9 Å². The number of hydrogen-bond acceptors (Lipinski definition) is 7. The van der Waals surface area contributed by atoms with Gasteiger partial charge >= 0.3 is 0 Å². The molecule has 3 rings (SSSR count). The lowest BCUT2D eigenvalue weighted by Gasteiger charge is -2.14.